The van der Waals surface area contributed by atoms with Crippen molar-refractivity contribution < 1.29 is 26.7 Å². The lowest BCUT2D eigenvalue weighted by Crippen LogP contribution is -2.53. The Hall–Kier alpha value is -3.47. The van der Waals surface area contributed by atoms with Gasteiger partial charge in [-0.05, 0) is 44.2 Å². The third kappa shape index (κ3) is 4.11. The van der Waals surface area contributed by atoms with Gasteiger partial charge in [0.15, 0.2) is 0 Å². The number of nitrogens with zero attached hydrogens (tertiary/aromatic N) is 3. The second-order valence-electron chi connectivity index (χ2n) is 8.42. The average molecular weight is 479 g/mol. The second kappa shape index (κ2) is 8.39. The maximum atomic E-state index is 14.0. The fourth-order valence-corrected chi connectivity index (χ4v) is 4.21. The van der Waals surface area contributed by atoms with Gasteiger partial charge in [0.25, 0.3) is 0 Å². The van der Waals surface area contributed by atoms with Crippen LogP contribution in [0.2, 0.25) is 0 Å². The smallest absolute Gasteiger partial charge is 0.340 e. The zero-order valence-electron chi connectivity index (χ0n) is 18.4. The van der Waals surface area contributed by atoms with Crippen LogP contribution < -0.4 is 11.1 Å². The molecule has 0 atom stereocenters. The Bertz CT molecular complexity index is 1250. The molecule has 0 saturated carbocycles. The molecule has 2 heterocycles. The van der Waals surface area contributed by atoms with Gasteiger partial charge in [0.2, 0.25) is 5.91 Å². The molecule has 2 aromatic carbocycles. The van der Waals surface area contributed by atoms with E-state index < -0.39 is 28.9 Å². The molecule has 0 unspecified atom stereocenters. The van der Waals surface area contributed by atoms with Crippen LogP contribution in [0.4, 0.5) is 33.5 Å². The van der Waals surface area contributed by atoms with E-state index in [0.29, 0.717) is 23.3 Å². The summed E-state index contributed by atoms with van der Waals surface area (Å²) in [6, 6.07) is 8.19. The Morgan fingerprint density at radius 1 is 1.15 bits per heavy atom. The van der Waals surface area contributed by atoms with Crippen molar-refractivity contribution in [1.29, 1.82) is 0 Å². The number of alkyl halides is 3. The topological polar surface area (TPSA) is 76.2 Å². The third-order valence-electron chi connectivity index (χ3n) is 5.85. The molecule has 1 aliphatic rings. The molecule has 11 heteroatoms. The predicted octanol–water partition coefficient (Wildman–Crippen LogP) is 4.63. The first kappa shape index (κ1) is 23.7. The van der Waals surface area contributed by atoms with E-state index >= 15 is 0 Å². The maximum Gasteiger partial charge on any atom is 0.419 e. The summed E-state index contributed by atoms with van der Waals surface area (Å²) in [5.74, 6) is -1.45. The molecule has 3 aromatic rings. The number of fused-ring (bicyclic) bond motifs is 1. The summed E-state index contributed by atoms with van der Waals surface area (Å²) in [7, 11) is 0. The summed E-state index contributed by atoms with van der Waals surface area (Å²) in [5.41, 5.74) is 3.88. The summed E-state index contributed by atoms with van der Waals surface area (Å²) in [5, 5.41) is 2.92. The monoisotopic (exact) mass is 479 g/mol. The molecule has 0 radical (unpaired) electrons. The van der Waals surface area contributed by atoms with Gasteiger partial charge < -0.3 is 20.5 Å². The van der Waals surface area contributed by atoms with Crippen LogP contribution in [0.3, 0.4) is 0 Å². The first-order valence-electron chi connectivity index (χ1n) is 10.4. The first-order valence-corrected chi connectivity index (χ1v) is 10.4. The van der Waals surface area contributed by atoms with E-state index in [1.54, 1.807) is 29.4 Å². The Morgan fingerprint density at radius 2 is 1.88 bits per heavy atom. The number of nitrogens with two attached hydrogens (primary N) is 1. The fourth-order valence-electron chi connectivity index (χ4n) is 4.21. The lowest BCUT2D eigenvalue weighted by atomic mass is 9.99. The highest BCUT2D eigenvalue weighted by atomic mass is 19.4. The van der Waals surface area contributed by atoms with Gasteiger partial charge in [0.05, 0.1) is 17.6 Å². The SMILES string of the molecule is CC1(C)c2nc(-c3cccc(F)c3)c(Nc3ccc(F)c(C(F)(F)F)c3)n2CCN1C(=O)CN. The van der Waals surface area contributed by atoms with Gasteiger partial charge in [0.1, 0.15) is 29.0 Å². The van der Waals surface area contributed by atoms with Crippen LogP contribution in [0.15, 0.2) is 42.5 Å². The molecule has 4 rings (SSSR count). The highest BCUT2D eigenvalue weighted by Gasteiger charge is 2.41. The number of amides is 1. The molecule has 0 fully saturated rings. The minimum atomic E-state index is -4.88. The molecule has 3 N–H and O–H groups in total. The van der Waals surface area contributed by atoms with Gasteiger partial charge in [-0.3, -0.25) is 4.79 Å². The van der Waals surface area contributed by atoms with Gasteiger partial charge in [-0.2, -0.15) is 13.2 Å². The van der Waals surface area contributed by atoms with Crippen LogP contribution in [0.5, 0.6) is 0 Å². The van der Waals surface area contributed by atoms with Crippen LogP contribution in [0, 0.1) is 11.6 Å². The zero-order valence-corrected chi connectivity index (χ0v) is 18.4. The van der Waals surface area contributed by atoms with Crippen molar-refractivity contribution in [1.82, 2.24) is 14.5 Å². The van der Waals surface area contributed by atoms with Gasteiger partial charge in [-0.1, -0.05) is 12.1 Å². The minimum absolute atomic E-state index is 0.0210. The number of aromatic nitrogens is 2. The van der Waals surface area contributed by atoms with E-state index in [1.807, 2.05) is 0 Å². The molecule has 1 amide bonds. The van der Waals surface area contributed by atoms with Crippen LogP contribution in [-0.4, -0.2) is 33.4 Å². The van der Waals surface area contributed by atoms with Crippen molar-refractivity contribution in [3.05, 3.63) is 65.5 Å². The molecule has 1 aromatic heterocycles. The third-order valence-corrected chi connectivity index (χ3v) is 5.85. The summed E-state index contributed by atoms with van der Waals surface area (Å²) >= 11 is 0. The molecular formula is C23H22F5N5O. The highest BCUT2D eigenvalue weighted by molar-refractivity contribution is 5.80. The van der Waals surface area contributed by atoms with Crippen molar-refractivity contribution in [3.63, 3.8) is 0 Å². The number of hydrogen-bond donors (Lipinski definition) is 2. The van der Waals surface area contributed by atoms with E-state index in [4.69, 9.17) is 5.73 Å². The minimum Gasteiger partial charge on any atom is -0.340 e. The molecular weight excluding hydrogens is 457 g/mol. The van der Waals surface area contributed by atoms with Crippen molar-refractivity contribution in [2.45, 2.75) is 32.1 Å². The molecule has 0 bridgehead atoms. The normalized spacial score (nSPS) is 15.2. The Morgan fingerprint density at radius 3 is 2.53 bits per heavy atom. The van der Waals surface area contributed by atoms with Crippen molar-refractivity contribution >= 4 is 17.4 Å². The number of nitrogens with one attached hydrogen (secondary N) is 1. The molecule has 34 heavy (non-hydrogen) atoms. The molecule has 6 nitrogen and oxygen atoms in total. The van der Waals surface area contributed by atoms with Crippen LogP contribution in [0.1, 0.15) is 25.2 Å². The summed E-state index contributed by atoms with van der Waals surface area (Å²) < 4.78 is 69.3. The quantitative estimate of drug-likeness (QED) is 0.536. The van der Waals surface area contributed by atoms with Crippen LogP contribution >= 0.6 is 0 Å². The number of anilines is 2. The van der Waals surface area contributed by atoms with Crippen LogP contribution in [0.25, 0.3) is 11.3 Å². The van der Waals surface area contributed by atoms with E-state index in [0.717, 1.165) is 6.07 Å². The molecule has 0 saturated heterocycles. The Balaban J connectivity index is 1.88. The number of carbonyl (C=O) groups excluding carboxylic acids is 1. The lowest BCUT2D eigenvalue weighted by molar-refractivity contribution is -0.140. The fraction of sp³-hybridized carbons (Fsp3) is 0.304. The van der Waals surface area contributed by atoms with Gasteiger partial charge in [-0.15, -0.1) is 0 Å². The van der Waals surface area contributed by atoms with Gasteiger partial charge in [0, 0.05) is 24.3 Å². The number of hydrogen-bond acceptors (Lipinski definition) is 4. The summed E-state index contributed by atoms with van der Waals surface area (Å²) in [6.45, 7) is 3.90. The molecule has 0 spiro atoms. The average Bonchev–Trinajstić information content (AvgIpc) is 3.13. The molecule has 0 aliphatic carbocycles. The summed E-state index contributed by atoms with van der Waals surface area (Å²) in [6.07, 6.45) is -4.88. The molecule has 1 aliphatic heterocycles. The number of halogens is 5. The standard InChI is InChI=1S/C23H22F5N5O/c1-22(2)21-31-19(13-4-3-5-14(24)10-13)20(32(21)8-9-33(22)18(34)12-29)30-15-6-7-17(25)16(11-15)23(26,27)28/h3-7,10-11,30H,8-9,12,29H2,1-2H3. The van der Waals surface area contributed by atoms with Crippen molar-refractivity contribution in [3.8, 4) is 11.3 Å². The van der Waals surface area contributed by atoms with E-state index in [1.165, 1.54) is 24.3 Å². The van der Waals surface area contributed by atoms with Crippen molar-refractivity contribution in [2.75, 3.05) is 18.4 Å². The van der Waals surface area contributed by atoms with Gasteiger partial charge in [-0.25, -0.2) is 13.8 Å². The Kier molecular flexibility index (Phi) is 5.84. The first-order chi connectivity index (χ1) is 15.9. The van der Waals surface area contributed by atoms with Crippen LogP contribution in [-0.2, 0) is 23.1 Å². The van der Waals surface area contributed by atoms with E-state index in [2.05, 4.69) is 10.3 Å². The number of rotatable bonds is 4. The molecule has 180 valence electrons. The van der Waals surface area contributed by atoms with E-state index in [-0.39, 0.29) is 36.9 Å². The van der Waals surface area contributed by atoms with E-state index in [9.17, 15) is 26.7 Å². The maximum absolute atomic E-state index is 14.0. The number of benzene rings is 2. The number of imidazole rings is 1. The predicted molar refractivity (Wildman–Crippen MR) is 116 cm³/mol. The van der Waals surface area contributed by atoms with Crippen molar-refractivity contribution in [2.24, 2.45) is 5.73 Å². The lowest BCUT2D eigenvalue weighted by Gasteiger charge is -2.42. The Labute approximate surface area is 192 Å². The zero-order chi connectivity index (χ0) is 24.8. The number of carbonyl (C=O) groups is 1. The largest absolute Gasteiger partial charge is 0.419 e. The highest BCUT2D eigenvalue weighted by Crippen LogP contribution is 2.40. The second-order valence-corrected chi connectivity index (χ2v) is 8.42. The van der Waals surface area contributed by atoms with Gasteiger partial charge >= 0.3 is 6.18 Å². The summed E-state index contributed by atoms with van der Waals surface area (Å²) in [4.78, 5) is 18.7.